The molecular weight excluding hydrogens is 258 g/mol. The van der Waals surface area contributed by atoms with E-state index in [0.717, 1.165) is 38.9 Å². The molecule has 3 heterocycles. The Morgan fingerprint density at radius 3 is 3.00 bits per heavy atom. The van der Waals surface area contributed by atoms with Crippen molar-refractivity contribution >= 4 is 17.2 Å². The van der Waals surface area contributed by atoms with E-state index in [1.165, 1.54) is 4.88 Å². The number of amides is 1. The molecule has 2 fully saturated rings. The van der Waals surface area contributed by atoms with Gasteiger partial charge in [-0.15, -0.1) is 11.3 Å². The fraction of sp³-hybridized carbons (Fsp3) is 0.643. The van der Waals surface area contributed by atoms with Crippen LogP contribution in [0.3, 0.4) is 0 Å². The molecule has 2 atom stereocenters. The van der Waals surface area contributed by atoms with Gasteiger partial charge in [0, 0.05) is 30.6 Å². The Balaban J connectivity index is 1.62. The van der Waals surface area contributed by atoms with Gasteiger partial charge in [0.05, 0.1) is 12.6 Å². The van der Waals surface area contributed by atoms with Crippen molar-refractivity contribution in [2.45, 2.75) is 31.3 Å². The number of nitrogens with two attached hydrogens (primary N) is 1. The van der Waals surface area contributed by atoms with Crippen LogP contribution in [0.1, 0.15) is 30.2 Å². The highest BCUT2D eigenvalue weighted by molar-refractivity contribution is 7.10. The molecule has 1 aromatic heterocycles. The van der Waals surface area contributed by atoms with Crippen molar-refractivity contribution in [3.63, 3.8) is 0 Å². The Kier molecular flexibility index (Phi) is 3.86. The zero-order valence-electron chi connectivity index (χ0n) is 11.1. The van der Waals surface area contributed by atoms with Crippen molar-refractivity contribution in [2.75, 3.05) is 26.2 Å². The lowest BCUT2D eigenvalue weighted by Gasteiger charge is -2.26. The number of nitrogens with zero attached hydrogens (tertiary/aromatic N) is 2. The second kappa shape index (κ2) is 5.61. The molecule has 1 aromatic rings. The summed E-state index contributed by atoms with van der Waals surface area (Å²) in [7, 11) is 0. The molecule has 0 aromatic carbocycles. The van der Waals surface area contributed by atoms with E-state index in [1.807, 2.05) is 0 Å². The molecule has 0 bridgehead atoms. The second-order valence-corrected chi connectivity index (χ2v) is 6.52. The molecule has 19 heavy (non-hydrogen) atoms. The van der Waals surface area contributed by atoms with Crippen LogP contribution in [0.25, 0.3) is 0 Å². The first-order valence-electron chi connectivity index (χ1n) is 7.05. The molecule has 0 radical (unpaired) electrons. The van der Waals surface area contributed by atoms with Gasteiger partial charge in [-0.1, -0.05) is 6.07 Å². The van der Waals surface area contributed by atoms with E-state index < -0.39 is 0 Å². The largest absolute Gasteiger partial charge is 0.334 e. The van der Waals surface area contributed by atoms with Crippen molar-refractivity contribution < 1.29 is 4.79 Å². The minimum Gasteiger partial charge on any atom is -0.334 e. The van der Waals surface area contributed by atoms with Crippen LogP contribution < -0.4 is 5.73 Å². The normalized spacial score (nSPS) is 28.2. The number of hydrogen-bond donors (Lipinski definition) is 1. The third-order valence-corrected chi connectivity index (χ3v) is 5.09. The first-order valence-corrected chi connectivity index (χ1v) is 7.93. The lowest BCUT2D eigenvalue weighted by atomic mass is 10.2. The van der Waals surface area contributed by atoms with Gasteiger partial charge in [0.15, 0.2) is 0 Å². The fourth-order valence-corrected chi connectivity index (χ4v) is 4.00. The molecule has 1 unspecified atom stereocenters. The minimum atomic E-state index is 0.250. The number of hydrogen-bond acceptors (Lipinski definition) is 4. The van der Waals surface area contributed by atoms with Crippen molar-refractivity contribution in [2.24, 2.45) is 5.73 Å². The van der Waals surface area contributed by atoms with E-state index in [9.17, 15) is 4.79 Å². The van der Waals surface area contributed by atoms with Gasteiger partial charge in [-0.2, -0.15) is 0 Å². The summed E-state index contributed by atoms with van der Waals surface area (Å²) >= 11 is 1.76. The smallest absolute Gasteiger partial charge is 0.237 e. The van der Waals surface area contributed by atoms with Crippen LogP contribution in [0.15, 0.2) is 17.5 Å². The van der Waals surface area contributed by atoms with E-state index in [4.69, 9.17) is 5.73 Å². The van der Waals surface area contributed by atoms with Gasteiger partial charge in [0.1, 0.15) is 0 Å². The Hall–Kier alpha value is -0.910. The summed E-state index contributed by atoms with van der Waals surface area (Å²) in [5.41, 5.74) is 5.89. The first-order chi connectivity index (χ1) is 9.24. The van der Waals surface area contributed by atoms with Crippen LogP contribution in [0, 0.1) is 0 Å². The molecule has 0 saturated carbocycles. The Labute approximate surface area is 118 Å². The summed E-state index contributed by atoms with van der Waals surface area (Å²) in [6.07, 6.45) is 3.24. The maximum Gasteiger partial charge on any atom is 0.237 e. The lowest BCUT2D eigenvalue weighted by molar-refractivity contribution is -0.133. The topological polar surface area (TPSA) is 49.6 Å². The zero-order valence-corrected chi connectivity index (χ0v) is 11.9. The minimum absolute atomic E-state index is 0.250. The molecule has 0 aliphatic carbocycles. The molecule has 2 aliphatic heterocycles. The molecule has 104 valence electrons. The lowest BCUT2D eigenvalue weighted by Crippen LogP contribution is -2.39. The highest BCUT2D eigenvalue weighted by atomic mass is 32.1. The quantitative estimate of drug-likeness (QED) is 0.911. The number of thiophene rings is 1. The van der Waals surface area contributed by atoms with Crippen LogP contribution in [-0.2, 0) is 4.79 Å². The highest BCUT2D eigenvalue weighted by Gasteiger charge is 2.32. The maximum absolute atomic E-state index is 12.5. The van der Waals surface area contributed by atoms with E-state index >= 15 is 0 Å². The molecule has 3 rings (SSSR count). The van der Waals surface area contributed by atoms with Crippen LogP contribution in [0.4, 0.5) is 0 Å². The maximum atomic E-state index is 12.5. The molecular formula is C14H21N3OS. The predicted molar refractivity (Wildman–Crippen MR) is 77.0 cm³/mol. The molecule has 1 amide bonds. The van der Waals surface area contributed by atoms with E-state index in [0.29, 0.717) is 12.6 Å². The van der Waals surface area contributed by atoms with E-state index in [2.05, 4.69) is 27.3 Å². The van der Waals surface area contributed by atoms with Crippen LogP contribution >= 0.6 is 11.3 Å². The molecule has 2 aliphatic rings. The summed E-state index contributed by atoms with van der Waals surface area (Å²) < 4.78 is 0. The van der Waals surface area contributed by atoms with E-state index in [-0.39, 0.29) is 11.9 Å². The average Bonchev–Trinajstić information content (AvgIpc) is 3.07. The van der Waals surface area contributed by atoms with Gasteiger partial charge >= 0.3 is 0 Å². The third kappa shape index (κ3) is 2.83. The standard InChI is InChI=1S/C14H21N3OS/c15-11-5-7-16(9-11)10-14(18)17-6-1-3-12(17)13-4-2-8-19-13/h2,4,8,11-12H,1,3,5-7,9-10,15H2/t11-,12?/m1/s1. The Bertz CT molecular complexity index is 434. The Morgan fingerprint density at radius 2 is 2.32 bits per heavy atom. The van der Waals surface area contributed by atoms with Crippen molar-refractivity contribution in [1.29, 1.82) is 0 Å². The summed E-state index contributed by atoms with van der Waals surface area (Å²) in [6.45, 7) is 3.27. The van der Waals surface area contributed by atoms with Crippen molar-refractivity contribution in [3.8, 4) is 0 Å². The van der Waals surface area contributed by atoms with Crippen LogP contribution in [0.2, 0.25) is 0 Å². The molecule has 5 heteroatoms. The summed E-state index contributed by atoms with van der Waals surface area (Å²) in [4.78, 5) is 18.0. The summed E-state index contributed by atoms with van der Waals surface area (Å²) in [5, 5.41) is 2.09. The number of rotatable bonds is 3. The number of carbonyl (C=O) groups is 1. The number of carbonyl (C=O) groups excluding carboxylic acids is 1. The van der Waals surface area contributed by atoms with Gasteiger partial charge in [-0.3, -0.25) is 9.69 Å². The highest BCUT2D eigenvalue weighted by Crippen LogP contribution is 2.34. The summed E-state index contributed by atoms with van der Waals surface area (Å²) in [5.74, 6) is 0.269. The monoisotopic (exact) mass is 279 g/mol. The zero-order chi connectivity index (χ0) is 13.2. The van der Waals surface area contributed by atoms with Gasteiger partial charge in [-0.25, -0.2) is 0 Å². The molecule has 2 N–H and O–H groups in total. The number of likely N-dealkylation sites (tertiary alicyclic amines) is 2. The second-order valence-electron chi connectivity index (χ2n) is 5.54. The van der Waals surface area contributed by atoms with Crippen molar-refractivity contribution in [1.82, 2.24) is 9.80 Å². The molecule has 2 saturated heterocycles. The van der Waals surface area contributed by atoms with E-state index in [1.54, 1.807) is 11.3 Å². The van der Waals surface area contributed by atoms with Crippen LogP contribution in [-0.4, -0.2) is 47.9 Å². The predicted octanol–water partition coefficient (Wildman–Crippen LogP) is 1.44. The molecule has 0 spiro atoms. The van der Waals surface area contributed by atoms with Gasteiger partial charge in [0.2, 0.25) is 5.91 Å². The summed E-state index contributed by atoms with van der Waals surface area (Å²) in [6, 6.07) is 4.77. The Morgan fingerprint density at radius 1 is 1.42 bits per heavy atom. The first kappa shape index (κ1) is 13.1. The van der Waals surface area contributed by atoms with Crippen LogP contribution in [0.5, 0.6) is 0 Å². The van der Waals surface area contributed by atoms with Gasteiger partial charge in [0.25, 0.3) is 0 Å². The average molecular weight is 279 g/mol. The SMILES string of the molecule is N[C@@H]1CCN(CC(=O)N2CCCC2c2cccs2)C1. The molecule has 4 nitrogen and oxygen atoms in total. The van der Waals surface area contributed by atoms with Gasteiger partial charge in [-0.05, 0) is 30.7 Å². The van der Waals surface area contributed by atoms with Crippen molar-refractivity contribution in [3.05, 3.63) is 22.4 Å². The third-order valence-electron chi connectivity index (χ3n) is 4.11. The van der Waals surface area contributed by atoms with Gasteiger partial charge < -0.3 is 10.6 Å². The fourth-order valence-electron chi connectivity index (χ4n) is 3.13.